The Balaban J connectivity index is 1.31. The summed E-state index contributed by atoms with van der Waals surface area (Å²) in [5.41, 5.74) is -1.33. The molecule has 0 unspecified atom stereocenters. The van der Waals surface area contributed by atoms with Gasteiger partial charge >= 0.3 is 5.97 Å². The maximum atomic E-state index is 13.9. The Kier molecular flexibility index (Phi) is 8.44. The lowest BCUT2D eigenvalue weighted by molar-refractivity contribution is -0.393. The highest BCUT2D eigenvalue weighted by Gasteiger charge is 2.40. The predicted molar refractivity (Wildman–Crippen MR) is 190 cm³/mol. The molecule has 4 aromatic carbocycles. The summed E-state index contributed by atoms with van der Waals surface area (Å²) in [4.78, 5) is 51.1. The van der Waals surface area contributed by atoms with Crippen LogP contribution in [0.25, 0.3) is 22.3 Å². The van der Waals surface area contributed by atoms with E-state index in [2.05, 4.69) is 24.3 Å². The van der Waals surface area contributed by atoms with Gasteiger partial charge in [-0.05, 0) is 30.2 Å². The van der Waals surface area contributed by atoms with Crippen molar-refractivity contribution in [2.45, 2.75) is 16.7 Å². The molecule has 13 nitrogen and oxygen atoms in total. The Morgan fingerprint density at radius 2 is 1.31 bits per heavy atom. The van der Waals surface area contributed by atoms with Crippen molar-refractivity contribution in [3.8, 4) is 23.3 Å². The molecule has 0 aromatic heterocycles. The normalized spacial score (nSPS) is 13.7. The Morgan fingerprint density at radius 1 is 0.745 bits per heavy atom. The van der Waals surface area contributed by atoms with Crippen molar-refractivity contribution in [3.05, 3.63) is 151 Å². The number of esters is 1. The van der Waals surface area contributed by atoms with Crippen molar-refractivity contribution in [1.29, 1.82) is 10.5 Å². The lowest BCUT2D eigenvalue weighted by atomic mass is 9.96. The maximum absolute atomic E-state index is 13.9. The molecule has 0 N–H and O–H groups in total. The molecule has 0 bridgehead atoms. The van der Waals surface area contributed by atoms with Crippen LogP contribution < -0.4 is 0 Å². The number of allylic oxidation sites excluding steroid dienone is 2. The molecular weight excluding hydrogens is 715 g/mol. The number of carbonyl (C=O) groups excluding carboxylic acids is 1. The first-order valence-electron chi connectivity index (χ1n) is 14.7. The number of hydrogen-bond donors (Lipinski definition) is 0. The molecule has 0 fully saturated rings. The zero-order chi connectivity index (χ0) is 36.1. The summed E-state index contributed by atoms with van der Waals surface area (Å²) in [5.74, 6) is -1.07. The molecule has 1 aliphatic carbocycles. The minimum atomic E-state index is -1.07. The summed E-state index contributed by atoms with van der Waals surface area (Å²) in [5, 5.41) is 55.6. The number of thioether (sulfide) groups is 2. The standard InChI is InChI=1S/C35H17N5O8S3/c1-17-29(51-35(49-17)32-21-6-2-4-8-27(21)50-28-9-5-3-7-22(28)32)16-48-34(41)25-12-19(38(42)43)10-23-30(18(14-36)15-37)24-11-20(39(44)45)13-26(40(46)47)33(24)31(23)25/h2-13H,16H2,1H3. The van der Waals surface area contributed by atoms with Gasteiger partial charge in [0.1, 0.15) is 24.3 Å². The minimum absolute atomic E-state index is 0.213. The smallest absolute Gasteiger partial charge is 0.339 e. The third-order valence-corrected chi connectivity index (χ3v) is 12.0. The fraction of sp³-hybridized carbons (Fsp3) is 0.0571. The number of nitro benzene ring substituents is 3. The Morgan fingerprint density at radius 3 is 1.88 bits per heavy atom. The van der Waals surface area contributed by atoms with Gasteiger partial charge in [0.2, 0.25) is 0 Å². The number of nitriles is 2. The van der Waals surface area contributed by atoms with Crippen LogP contribution >= 0.6 is 35.3 Å². The molecule has 0 amide bonds. The second-order valence-electron chi connectivity index (χ2n) is 11.1. The van der Waals surface area contributed by atoms with Gasteiger partial charge in [-0.1, -0.05) is 71.7 Å². The number of non-ortho nitro benzene ring substituents is 2. The van der Waals surface area contributed by atoms with Gasteiger partial charge < -0.3 is 4.74 Å². The van der Waals surface area contributed by atoms with Crippen LogP contribution in [0.4, 0.5) is 17.1 Å². The van der Waals surface area contributed by atoms with Crippen LogP contribution in [0.5, 0.6) is 0 Å². The number of nitrogens with zero attached hydrogens (tertiary/aromatic N) is 5. The summed E-state index contributed by atoms with van der Waals surface area (Å²) in [6.45, 7) is 1.64. The molecule has 0 spiro atoms. The van der Waals surface area contributed by atoms with Crippen molar-refractivity contribution in [2.24, 2.45) is 0 Å². The maximum Gasteiger partial charge on any atom is 0.339 e. The average Bonchev–Trinajstić information content (AvgIpc) is 3.65. The number of hydrogen-bond acceptors (Lipinski definition) is 13. The molecular formula is C35H17N5O8S3. The summed E-state index contributed by atoms with van der Waals surface area (Å²) in [6, 6.07) is 22.9. The van der Waals surface area contributed by atoms with Crippen LogP contribution in [-0.4, -0.2) is 27.3 Å². The lowest BCUT2D eigenvalue weighted by Crippen LogP contribution is -2.10. The zero-order valence-electron chi connectivity index (χ0n) is 25.9. The molecule has 0 atom stereocenters. The van der Waals surface area contributed by atoms with Gasteiger partial charge in [0, 0.05) is 65.6 Å². The highest BCUT2D eigenvalue weighted by molar-refractivity contribution is 8.28. The highest BCUT2D eigenvalue weighted by Crippen LogP contribution is 2.57. The molecule has 248 valence electrons. The van der Waals surface area contributed by atoms with E-state index < -0.39 is 48.9 Å². The van der Waals surface area contributed by atoms with Crippen molar-refractivity contribution in [2.75, 3.05) is 6.61 Å². The quantitative estimate of drug-likeness (QED) is 0.0680. The third-order valence-electron chi connectivity index (χ3n) is 8.25. The van der Waals surface area contributed by atoms with Crippen LogP contribution in [0.3, 0.4) is 0 Å². The van der Waals surface area contributed by atoms with Crippen molar-refractivity contribution < 1.29 is 24.3 Å². The molecule has 3 aliphatic rings. The lowest BCUT2D eigenvalue weighted by Gasteiger charge is -2.23. The van der Waals surface area contributed by atoms with E-state index in [1.165, 1.54) is 23.5 Å². The Hall–Kier alpha value is -6.20. The van der Waals surface area contributed by atoms with E-state index in [0.29, 0.717) is 11.0 Å². The van der Waals surface area contributed by atoms with Crippen LogP contribution in [0, 0.1) is 53.0 Å². The van der Waals surface area contributed by atoms with Crippen LogP contribution in [0.15, 0.2) is 102 Å². The van der Waals surface area contributed by atoms with Crippen molar-refractivity contribution >= 4 is 69.5 Å². The molecule has 51 heavy (non-hydrogen) atoms. The van der Waals surface area contributed by atoms with Gasteiger partial charge in [-0.2, -0.15) is 10.5 Å². The topological polar surface area (TPSA) is 203 Å². The van der Waals surface area contributed by atoms with Crippen molar-refractivity contribution in [3.63, 3.8) is 0 Å². The number of benzene rings is 4. The van der Waals surface area contributed by atoms with E-state index in [0.717, 1.165) is 53.8 Å². The molecule has 0 radical (unpaired) electrons. The number of rotatable bonds is 6. The number of fused-ring (bicyclic) bond motifs is 5. The molecule has 4 aromatic rings. The van der Waals surface area contributed by atoms with Gasteiger partial charge in [-0.15, -0.1) is 0 Å². The summed E-state index contributed by atoms with van der Waals surface area (Å²) < 4.78 is 6.71. The molecule has 0 saturated carbocycles. The number of ether oxygens (including phenoxy) is 1. The second kappa shape index (κ2) is 12.9. The van der Waals surface area contributed by atoms with Gasteiger partial charge in [0.05, 0.1) is 36.2 Å². The zero-order valence-corrected chi connectivity index (χ0v) is 28.3. The first-order chi connectivity index (χ1) is 24.5. The largest absolute Gasteiger partial charge is 0.457 e. The Labute approximate surface area is 300 Å². The van der Waals surface area contributed by atoms with Crippen LogP contribution in [0.1, 0.15) is 39.5 Å². The Bertz CT molecular complexity index is 2450. The number of nitro groups is 3. The molecule has 16 heteroatoms. The van der Waals surface area contributed by atoms with E-state index in [-0.39, 0.29) is 34.4 Å². The summed E-state index contributed by atoms with van der Waals surface area (Å²) in [6.07, 6.45) is 0. The van der Waals surface area contributed by atoms with E-state index in [1.807, 2.05) is 31.2 Å². The fourth-order valence-corrected chi connectivity index (χ4v) is 9.85. The van der Waals surface area contributed by atoms with E-state index >= 15 is 0 Å². The summed E-state index contributed by atoms with van der Waals surface area (Å²) in [7, 11) is 0. The summed E-state index contributed by atoms with van der Waals surface area (Å²) >= 11 is 4.63. The minimum Gasteiger partial charge on any atom is -0.457 e. The molecule has 0 saturated heterocycles. The highest BCUT2D eigenvalue weighted by atomic mass is 32.2. The van der Waals surface area contributed by atoms with Crippen LogP contribution in [0.2, 0.25) is 0 Å². The van der Waals surface area contributed by atoms with Gasteiger partial charge in [0.15, 0.2) is 0 Å². The third kappa shape index (κ3) is 5.61. The first-order valence-corrected chi connectivity index (χ1v) is 17.2. The fourth-order valence-electron chi connectivity index (χ4n) is 6.08. The molecule has 2 aliphatic heterocycles. The van der Waals surface area contributed by atoms with E-state index in [4.69, 9.17) is 4.74 Å². The number of carbonyl (C=O) groups is 1. The van der Waals surface area contributed by atoms with Crippen LogP contribution in [-0.2, 0) is 4.74 Å². The monoisotopic (exact) mass is 731 g/mol. The van der Waals surface area contributed by atoms with E-state index in [1.54, 1.807) is 23.9 Å². The van der Waals surface area contributed by atoms with E-state index in [9.17, 15) is 45.7 Å². The average molecular weight is 732 g/mol. The van der Waals surface area contributed by atoms with Gasteiger partial charge in [-0.25, -0.2) is 4.79 Å². The molecule has 7 rings (SSSR count). The predicted octanol–water partition coefficient (Wildman–Crippen LogP) is 8.99. The van der Waals surface area contributed by atoms with Gasteiger partial charge in [0.25, 0.3) is 17.1 Å². The van der Waals surface area contributed by atoms with Crippen molar-refractivity contribution in [1.82, 2.24) is 0 Å². The second-order valence-corrected chi connectivity index (χ2v) is 14.7. The molecule has 2 heterocycles. The van der Waals surface area contributed by atoms with Gasteiger partial charge in [-0.3, -0.25) is 30.3 Å². The SMILES string of the molecule is CC1=C(COC(=O)c2cc([N+](=O)[O-])cc3c2-c2c(cc([N+](=O)[O-])cc2[N+](=O)[O-])C3=C(C#N)C#N)SC(=C2c3ccccc3Sc3ccccc32)S1. The first kappa shape index (κ1) is 33.3.